The standard InChI is InChI=1S/C25H30N4O/c1-5-19(27-24(30)18-9-6-15(2)7-10-18)13-23(29-26)25-14-21(25)20-12-17(4)16(3)8-11-22(20)28-25/h5-7,9-12,21,28H,8,13-14,26H2,1-4H3,(H,27,30)/b19-5+,29-23+. The Morgan fingerprint density at radius 2 is 2.03 bits per heavy atom. The van der Waals surface area contributed by atoms with Gasteiger partial charge in [-0.3, -0.25) is 4.79 Å². The second kappa shape index (κ2) is 7.63. The number of piperidine rings is 1. The summed E-state index contributed by atoms with van der Waals surface area (Å²) in [6.45, 7) is 8.30. The van der Waals surface area contributed by atoms with Crippen LogP contribution in [0.15, 0.2) is 75.7 Å². The lowest BCUT2D eigenvalue weighted by atomic mass is 10.0. The summed E-state index contributed by atoms with van der Waals surface area (Å²) in [5, 5.41) is 10.9. The number of hydrazone groups is 1. The maximum Gasteiger partial charge on any atom is 0.255 e. The van der Waals surface area contributed by atoms with E-state index in [2.05, 4.69) is 41.7 Å². The molecule has 0 spiro atoms. The summed E-state index contributed by atoms with van der Waals surface area (Å²) < 4.78 is 0. The number of fused-ring (bicyclic) bond motifs is 3. The zero-order chi connectivity index (χ0) is 21.5. The number of benzene rings is 1. The van der Waals surface area contributed by atoms with Gasteiger partial charge in [-0.2, -0.15) is 5.10 Å². The van der Waals surface area contributed by atoms with Crippen molar-refractivity contribution in [3.63, 3.8) is 0 Å². The average Bonchev–Trinajstić information content (AvgIpc) is 3.41. The van der Waals surface area contributed by atoms with Crippen LogP contribution in [0.2, 0.25) is 0 Å². The molecule has 4 N–H and O–H groups in total. The molecule has 2 unspecified atom stereocenters. The van der Waals surface area contributed by atoms with Gasteiger partial charge in [-0.05, 0) is 58.2 Å². The van der Waals surface area contributed by atoms with E-state index in [1.807, 2.05) is 44.2 Å². The van der Waals surface area contributed by atoms with Crippen LogP contribution in [0.1, 0.15) is 56.0 Å². The van der Waals surface area contributed by atoms with Crippen LogP contribution in [-0.2, 0) is 0 Å². The van der Waals surface area contributed by atoms with E-state index in [1.165, 1.54) is 22.4 Å². The van der Waals surface area contributed by atoms with E-state index < -0.39 is 0 Å². The van der Waals surface area contributed by atoms with Crippen LogP contribution in [0.25, 0.3) is 0 Å². The van der Waals surface area contributed by atoms with E-state index >= 15 is 0 Å². The van der Waals surface area contributed by atoms with Crippen molar-refractivity contribution in [2.45, 2.75) is 52.5 Å². The third kappa shape index (κ3) is 3.49. The molecule has 4 rings (SSSR count). The van der Waals surface area contributed by atoms with Crippen molar-refractivity contribution >= 4 is 11.6 Å². The number of hydrogen-bond acceptors (Lipinski definition) is 4. The fraction of sp³-hybridized carbons (Fsp3) is 0.360. The molecule has 1 aromatic rings. The van der Waals surface area contributed by atoms with E-state index in [1.54, 1.807) is 0 Å². The van der Waals surface area contributed by atoms with Gasteiger partial charge < -0.3 is 16.5 Å². The number of hydrogen-bond donors (Lipinski definition) is 3. The maximum atomic E-state index is 12.7. The highest BCUT2D eigenvalue weighted by molar-refractivity contribution is 6.02. The molecule has 3 aliphatic rings. The number of nitrogens with one attached hydrogen (secondary N) is 2. The van der Waals surface area contributed by atoms with Crippen molar-refractivity contribution < 1.29 is 4.79 Å². The highest BCUT2D eigenvalue weighted by Gasteiger charge is 2.64. The molecule has 0 bridgehead atoms. The van der Waals surface area contributed by atoms with E-state index in [0.29, 0.717) is 17.9 Å². The molecule has 2 atom stereocenters. The minimum Gasteiger partial charge on any atom is -0.374 e. The molecule has 1 saturated carbocycles. The van der Waals surface area contributed by atoms with Crippen molar-refractivity contribution in [1.82, 2.24) is 10.6 Å². The second-order valence-corrected chi connectivity index (χ2v) is 8.62. The van der Waals surface area contributed by atoms with Gasteiger partial charge in [0.15, 0.2) is 0 Å². The first-order chi connectivity index (χ1) is 14.4. The Morgan fingerprint density at radius 3 is 2.70 bits per heavy atom. The summed E-state index contributed by atoms with van der Waals surface area (Å²) >= 11 is 0. The number of aryl methyl sites for hydroxylation is 1. The van der Waals surface area contributed by atoms with E-state index in [4.69, 9.17) is 5.84 Å². The van der Waals surface area contributed by atoms with Crippen LogP contribution in [0.4, 0.5) is 0 Å². The Bertz CT molecular complexity index is 1040. The van der Waals surface area contributed by atoms with Crippen molar-refractivity contribution in [1.29, 1.82) is 0 Å². The predicted octanol–water partition coefficient (Wildman–Crippen LogP) is 4.25. The number of amides is 1. The van der Waals surface area contributed by atoms with E-state index in [9.17, 15) is 4.79 Å². The van der Waals surface area contributed by atoms with Crippen LogP contribution in [0, 0.1) is 12.8 Å². The summed E-state index contributed by atoms with van der Waals surface area (Å²) in [6.07, 6.45) is 8.97. The third-order valence-corrected chi connectivity index (χ3v) is 6.63. The van der Waals surface area contributed by atoms with Gasteiger partial charge in [0.1, 0.15) is 0 Å². The highest BCUT2D eigenvalue weighted by atomic mass is 16.1. The van der Waals surface area contributed by atoms with Crippen molar-refractivity contribution in [2.75, 3.05) is 0 Å². The molecule has 0 aromatic heterocycles. The minimum atomic E-state index is -0.221. The second-order valence-electron chi connectivity index (χ2n) is 8.62. The zero-order valence-corrected chi connectivity index (χ0v) is 18.2. The lowest BCUT2D eigenvalue weighted by Crippen LogP contribution is -2.38. The number of nitrogens with two attached hydrogens (primary N) is 1. The van der Waals surface area contributed by atoms with E-state index in [-0.39, 0.29) is 11.4 Å². The quantitative estimate of drug-likeness (QED) is 0.391. The molecule has 2 fully saturated rings. The lowest BCUT2D eigenvalue weighted by Gasteiger charge is -2.19. The van der Waals surface area contributed by atoms with Gasteiger partial charge in [-0.25, -0.2) is 0 Å². The zero-order valence-electron chi connectivity index (χ0n) is 18.2. The summed E-state index contributed by atoms with van der Waals surface area (Å²) in [4.78, 5) is 12.7. The molecule has 0 radical (unpaired) electrons. The van der Waals surface area contributed by atoms with Crippen LogP contribution < -0.4 is 16.5 Å². The van der Waals surface area contributed by atoms with Crippen molar-refractivity contribution in [3.05, 3.63) is 81.7 Å². The predicted molar refractivity (Wildman–Crippen MR) is 122 cm³/mol. The molecule has 1 aromatic carbocycles. The Balaban J connectivity index is 1.50. The normalized spacial score (nSPS) is 25.5. The third-order valence-electron chi connectivity index (χ3n) is 6.63. The molecule has 30 heavy (non-hydrogen) atoms. The van der Waals surface area contributed by atoms with Gasteiger partial charge in [-0.1, -0.05) is 47.1 Å². The van der Waals surface area contributed by atoms with Crippen molar-refractivity contribution in [2.24, 2.45) is 16.9 Å². The monoisotopic (exact) mass is 402 g/mol. The molecule has 5 nitrogen and oxygen atoms in total. The number of allylic oxidation sites excluding steroid dienone is 7. The molecule has 1 saturated heterocycles. The Labute approximate surface area is 178 Å². The van der Waals surface area contributed by atoms with Crippen LogP contribution in [0.3, 0.4) is 0 Å². The lowest BCUT2D eigenvalue weighted by molar-refractivity contribution is 0.0965. The number of carbonyl (C=O) groups excluding carboxylic acids is 1. The van der Waals surface area contributed by atoms with E-state index in [0.717, 1.165) is 29.8 Å². The Morgan fingerprint density at radius 1 is 1.30 bits per heavy atom. The SMILES string of the molecule is C/C=C(\C/C(=N\N)C12CC1C1=CC(C)=C(C)CC=C1N2)NC(=O)c1ccc(C)cc1. The minimum absolute atomic E-state index is 0.115. The molecule has 1 amide bonds. The van der Waals surface area contributed by atoms with Crippen LogP contribution in [0.5, 0.6) is 0 Å². The van der Waals surface area contributed by atoms with Gasteiger partial charge in [-0.15, -0.1) is 0 Å². The largest absolute Gasteiger partial charge is 0.374 e. The first-order valence-electron chi connectivity index (χ1n) is 10.5. The smallest absolute Gasteiger partial charge is 0.255 e. The van der Waals surface area contributed by atoms with Gasteiger partial charge in [0.25, 0.3) is 5.91 Å². The summed E-state index contributed by atoms with van der Waals surface area (Å²) in [6, 6.07) is 7.57. The number of nitrogens with zero attached hydrogens (tertiary/aromatic N) is 1. The molecular formula is C25H30N4O. The molecule has 2 aliphatic carbocycles. The summed E-state index contributed by atoms with van der Waals surface area (Å²) in [7, 11) is 0. The van der Waals surface area contributed by atoms with Crippen LogP contribution >= 0.6 is 0 Å². The van der Waals surface area contributed by atoms with Gasteiger partial charge in [0.05, 0.1) is 11.3 Å². The molecular weight excluding hydrogens is 372 g/mol. The summed E-state index contributed by atoms with van der Waals surface area (Å²) in [5.74, 6) is 6.13. The molecule has 5 heteroatoms. The fourth-order valence-corrected chi connectivity index (χ4v) is 4.43. The number of rotatable bonds is 5. The Kier molecular flexibility index (Phi) is 5.14. The number of carbonyl (C=O) groups is 1. The van der Waals surface area contributed by atoms with Gasteiger partial charge >= 0.3 is 0 Å². The van der Waals surface area contributed by atoms with Gasteiger partial charge in [0.2, 0.25) is 0 Å². The van der Waals surface area contributed by atoms with Crippen LogP contribution in [-0.4, -0.2) is 17.2 Å². The van der Waals surface area contributed by atoms with Crippen molar-refractivity contribution in [3.8, 4) is 0 Å². The maximum absolute atomic E-state index is 12.7. The van der Waals surface area contributed by atoms with Gasteiger partial charge in [0, 0.05) is 29.3 Å². The highest BCUT2D eigenvalue weighted by Crippen LogP contribution is 2.58. The average molecular weight is 403 g/mol. The topological polar surface area (TPSA) is 79.5 Å². The first-order valence-corrected chi connectivity index (χ1v) is 10.5. The molecule has 156 valence electrons. The molecule has 1 heterocycles. The molecule has 1 aliphatic heterocycles. The summed E-state index contributed by atoms with van der Waals surface area (Å²) in [5.41, 5.74) is 8.55. The fourth-order valence-electron chi connectivity index (χ4n) is 4.43. The Hall–Kier alpha value is -3.08. The first kappa shape index (κ1) is 20.2.